The second-order valence-electron chi connectivity index (χ2n) is 6.60. The average Bonchev–Trinajstić information content (AvgIpc) is 3.10. The van der Waals surface area contributed by atoms with E-state index in [0.29, 0.717) is 6.04 Å². The van der Waals surface area contributed by atoms with Crippen LogP contribution in [0.3, 0.4) is 0 Å². The van der Waals surface area contributed by atoms with Crippen LogP contribution in [0.15, 0.2) is 36.4 Å². The van der Waals surface area contributed by atoms with Gasteiger partial charge in [0.15, 0.2) is 0 Å². The molecule has 2 heterocycles. The van der Waals surface area contributed by atoms with Gasteiger partial charge in [0.1, 0.15) is 0 Å². The molecule has 1 atom stereocenters. The standard InChI is InChI=1S/C20H24N2O/c1-15(22-11-13-23-14-12-22)16-5-7-18(8-6-16)20-10-9-17-3-2-4-19(17)21-20/h5-10,15H,2-4,11-14H2,1H3/t15-/m1/s1. The Balaban J connectivity index is 1.53. The van der Waals surface area contributed by atoms with Gasteiger partial charge in [0.2, 0.25) is 0 Å². The van der Waals surface area contributed by atoms with Crippen molar-refractivity contribution in [3.8, 4) is 11.3 Å². The summed E-state index contributed by atoms with van der Waals surface area (Å²) in [6, 6.07) is 13.8. The second kappa shape index (κ2) is 6.42. The van der Waals surface area contributed by atoms with E-state index in [2.05, 4.69) is 48.2 Å². The largest absolute Gasteiger partial charge is 0.379 e. The SMILES string of the molecule is C[C@H](c1ccc(-c2ccc3c(n2)CCC3)cc1)N1CCOCC1. The molecule has 2 aliphatic rings. The molecule has 1 aromatic carbocycles. The number of benzene rings is 1. The van der Waals surface area contributed by atoms with Crippen molar-refractivity contribution in [1.29, 1.82) is 0 Å². The Labute approximate surface area is 138 Å². The number of aryl methyl sites for hydroxylation is 2. The van der Waals surface area contributed by atoms with Gasteiger partial charge in [-0.2, -0.15) is 0 Å². The van der Waals surface area contributed by atoms with Gasteiger partial charge in [-0.05, 0) is 43.4 Å². The number of morpholine rings is 1. The van der Waals surface area contributed by atoms with E-state index >= 15 is 0 Å². The van der Waals surface area contributed by atoms with Gasteiger partial charge in [-0.1, -0.05) is 30.3 Å². The maximum absolute atomic E-state index is 5.45. The van der Waals surface area contributed by atoms with Crippen molar-refractivity contribution in [2.24, 2.45) is 0 Å². The first-order valence-corrected chi connectivity index (χ1v) is 8.72. The van der Waals surface area contributed by atoms with Crippen LogP contribution in [0.1, 0.15) is 36.2 Å². The van der Waals surface area contributed by atoms with Crippen LogP contribution in [-0.2, 0) is 17.6 Å². The molecule has 0 unspecified atom stereocenters. The van der Waals surface area contributed by atoms with Crippen LogP contribution in [0.5, 0.6) is 0 Å². The maximum Gasteiger partial charge on any atom is 0.0705 e. The van der Waals surface area contributed by atoms with Crippen molar-refractivity contribution >= 4 is 0 Å². The van der Waals surface area contributed by atoms with Gasteiger partial charge in [0.25, 0.3) is 0 Å². The topological polar surface area (TPSA) is 25.4 Å². The minimum atomic E-state index is 0.445. The van der Waals surface area contributed by atoms with E-state index in [4.69, 9.17) is 9.72 Å². The first-order valence-electron chi connectivity index (χ1n) is 8.72. The average molecular weight is 308 g/mol. The normalized spacial score (nSPS) is 19.5. The molecular weight excluding hydrogens is 284 g/mol. The van der Waals surface area contributed by atoms with Gasteiger partial charge in [-0.25, -0.2) is 0 Å². The summed E-state index contributed by atoms with van der Waals surface area (Å²) in [7, 11) is 0. The molecule has 1 aromatic heterocycles. The lowest BCUT2D eigenvalue weighted by Gasteiger charge is -2.32. The third kappa shape index (κ3) is 3.04. The monoisotopic (exact) mass is 308 g/mol. The summed E-state index contributed by atoms with van der Waals surface area (Å²) in [6.45, 7) is 6.03. The Morgan fingerprint density at radius 2 is 1.78 bits per heavy atom. The second-order valence-corrected chi connectivity index (χ2v) is 6.60. The third-order valence-corrected chi connectivity index (χ3v) is 5.21. The van der Waals surface area contributed by atoms with E-state index in [1.807, 2.05) is 0 Å². The fraction of sp³-hybridized carbons (Fsp3) is 0.450. The van der Waals surface area contributed by atoms with Gasteiger partial charge in [-0.3, -0.25) is 9.88 Å². The zero-order valence-corrected chi connectivity index (χ0v) is 13.8. The molecule has 0 N–H and O–H groups in total. The van der Waals surface area contributed by atoms with Crippen molar-refractivity contribution < 1.29 is 4.74 Å². The fourth-order valence-corrected chi connectivity index (χ4v) is 3.69. The van der Waals surface area contributed by atoms with Crippen molar-refractivity contribution in [1.82, 2.24) is 9.88 Å². The number of rotatable bonds is 3. The highest BCUT2D eigenvalue weighted by Crippen LogP contribution is 2.27. The Bertz CT molecular complexity index is 675. The van der Waals surface area contributed by atoms with Crippen molar-refractivity contribution in [2.75, 3.05) is 26.3 Å². The van der Waals surface area contributed by atoms with Crippen molar-refractivity contribution in [3.63, 3.8) is 0 Å². The number of aromatic nitrogens is 1. The van der Waals surface area contributed by atoms with Gasteiger partial charge < -0.3 is 4.74 Å². The molecule has 1 aliphatic carbocycles. The van der Waals surface area contributed by atoms with Gasteiger partial charge in [0, 0.05) is 30.4 Å². The summed E-state index contributed by atoms with van der Waals surface area (Å²) < 4.78 is 5.45. The number of hydrogen-bond acceptors (Lipinski definition) is 3. The molecule has 23 heavy (non-hydrogen) atoms. The molecule has 0 saturated carbocycles. The Morgan fingerprint density at radius 3 is 2.57 bits per heavy atom. The lowest BCUT2D eigenvalue weighted by atomic mass is 10.0. The van der Waals surface area contributed by atoms with Crippen molar-refractivity contribution in [3.05, 3.63) is 53.2 Å². The van der Waals surface area contributed by atoms with E-state index in [9.17, 15) is 0 Å². The number of fused-ring (bicyclic) bond motifs is 1. The zero-order valence-electron chi connectivity index (χ0n) is 13.8. The molecule has 0 radical (unpaired) electrons. The molecule has 0 bridgehead atoms. The molecule has 3 nitrogen and oxygen atoms in total. The van der Waals surface area contributed by atoms with E-state index in [-0.39, 0.29) is 0 Å². The highest BCUT2D eigenvalue weighted by atomic mass is 16.5. The molecule has 2 aromatic rings. The predicted molar refractivity (Wildman–Crippen MR) is 92.5 cm³/mol. The Hall–Kier alpha value is -1.71. The summed E-state index contributed by atoms with van der Waals surface area (Å²) >= 11 is 0. The van der Waals surface area contributed by atoms with E-state index in [1.165, 1.54) is 35.2 Å². The molecule has 0 spiro atoms. The van der Waals surface area contributed by atoms with Crippen LogP contribution in [0.4, 0.5) is 0 Å². The van der Waals surface area contributed by atoms with Gasteiger partial charge in [-0.15, -0.1) is 0 Å². The third-order valence-electron chi connectivity index (χ3n) is 5.21. The van der Waals surface area contributed by atoms with E-state index in [1.54, 1.807) is 0 Å². The van der Waals surface area contributed by atoms with Crippen LogP contribution in [-0.4, -0.2) is 36.2 Å². The molecule has 4 rings (SSSR count). The molecule has 1 saturated heterocycles. The summed E-state index contributed by atoms with van der Waals surface area (Å²) in [5, 5.41) is 0. The van der Waals surface area contributed by atoms with Crippen LogP contribution in [0.2, 0.25) is 0 Å². The van der Waals surface area contributed by atoms with E-state index < -0.39 is 0 Å². The lowest BCUT2D eigenvalue weighted by molar-refractivity contribution is 0.0198. The Morgan fingerprint density at radius 1 is 1.00 bits per heavy atom. The van der Waals surface area contributed by atoms with Crippen LogP contribution < -0.4 is 0 Å². The summed E-state index contributed by atoms with van der Waals surface area (Å²) in [5.41, 5.74) is 6.44. The molecule has 1 fully saturated rings. The minimum absolute atomic E-state index is 0.445. The number of pyridine rings is 1. The summed E-state index contributed by atoms with van der Waals surface area (Å²) in [6.07, 6.45) is 3.58. The lowest BCUT2D eigenvalue weighted by Crippen LogP contribution is -2.37. The molecule has 120 valence electrons. The fourth-order valence-electron chi connectivity index (χ4n) is 3.69. The maximum atomic E-state index is 5.45. The smallest absolute Gasteiger partial charge is 0.0705 e. The summed E-state index contributed by atoms with van der Waals surface area (Å²) in [4.78, 5) is 7.35. The molecule has 1 aliphatic heterocycles. The number of nitrogens with zero attached hydrogens (tertiary/aromatic N) is 2. The predicted octanol–water partition coefficient (Wildman–Crippen LogP) is 3.63. The number of ether oxygens (including phenoxy) is 1. The zero-order chi connectivity index (χ0) is 15.6. The van der Waals surface area contributed by atoms with Crippen LogP contribution in [0, 0.1) is 0 Å². The van der Waals surface area contributed by atoms with Gasteiger partial charge >= 0.3 is 0 Å². The Kier molecular flexibility index (Phi) is 4.15. The van der Waals surface area contributed by atoms with Crippen LogP contribution in [0.25, 0.3) is 11.3 Å². The van der Waals surface area contributed by atoms with Gasteiger partial charge in [0.05, 0.1) is 18.9 Å². The molecule has 3 heteroatoms. The molecular formula is C20H24N2O. The number of hydrogen-bond donors (Lipinski definition) is 0. The van der Waals surface area contributed by atoms with E-state index in [0.717, 1.165) is 38.4 Å². The highest BCUT2D eigenvalue weighted by Gasteiger charge is 2.18. The van der Waals surface area contributed by atoms with Crippen molar-refractivity contribution in [2.45, 2.75) is 32.2 Å². The first kappa shape index (κ1) is 14.9. The molecule has 0 amide bonds. The quantitative estimate of drug-likeness (QED) is 0.866. The first-order chi connectivity index (χ1) is 11.3. The minimum Gasteiger partial charge on any atom is -0.379 e. The van der Waals surface area contributed by atoms with Crippen LogP contribution >= 0.6 is 0 Å². The highest BCUT2D eigenvalue weighted by molar-refractivity contribution is 5.60. The summed E-state index contributed by atoms with van der Waals surface area (Å²) in [5.74, 6) is 0.